The van der Waals surface area contributed by atoms with Crippen LogP contribution in [0.5, 0.6) is 0 Å². The molecule has 0 atom stereocenters. The van der Waals surface area contributed by atoms with E-state index in [0.717, 1.165) is 5.36 Å². The van der Waals surface area contributed by atoms with Crippen molar-refractivity contribution >= 4 is 0 Å². The van der Waals surface area contributed by atoms with Crippen LogP contribution in [0.2, 0.25) is 5.36 Å². The van der Waals surface area contributed by atoms with E-state index in [0.29, 0.717) is 0 Å². The molecule has 0 radical (unpaired) electrons. The van der Waals surface area contributed by atoms with Crippen molar-refractivity contribution in [3.63, 3.8) is 0 Å². The molecule has 0 fully saturated rings. The summed E-state index contributed by atoms with van der Waals surface area (Å²) in [5.41, 5.74) is 0. The Bertz CT molecular complexity index is 15.9. The quantitative estimate of drug-likeness (QED) is 0.513. The van der Waals surface area contributed by atoms with Crippen molar-refractivity contribution < 1.29 is 15.7 Å². The molecule has 0 saturated carbocycles. The Morgan fingerprint density at radius 2 is 2.00 bits per heavy atom. The SMILES string of the molecule is CCCC[CH2][Co]. The van der Waals surface area contributed by atoms with Gasteiger partial charge < -0.3 is 0 Å². The second kappa shape index (κ2) is 5.51. The molecule has 1 heteroatoms. The van der Waals surface area contributed by atoms with E-state index >= 15 is 0 Å². The first-order chi connectivity index (χ1) is 2.91. The van der Waals surface area contributed by atoms with Gasteiger partial charge in [0.15, 0.2) is 0 Å². The summed E-state index contributed by atoms with van der Waals surface area (Å²) >= 11 is 4.10. The van der Waals surface area contributed by atoms with Gasteiger partial charge in [-0.2, -0.15) is 0 Å². The maximum atomic E-state index is 4.10. The molecule has 6 heavy (non-hydrogen) atoms. The van der Waals surface area contributed by atoms with Crippen LogP contribution in [0.15, 0.2) is 0 Å². The third-order valence-electron chi connectivity index (χ3n) is 0.721. The van der Waals surface area contributed by atoms with Gasteiger partial charge in [0, 0.05) is 0 Å². The van der Waals surface area contributed by atoms with E-state index in [2.05, 4.69) is 22.7 Å². The van der Waals surface area contributed by atoms with Gasteiger partial charge in [0.05, 0.1) is 0 Å². The van der Waals surface area contributed by atoms with Crippen LogP contribution in [0.3, 0.4) is 0 Å². The molecule has 0 aliphatic heterocycles. The maximum absolute atomic E-state index is 4.10. The summed E-state index contributed by atoms with van der Waals surface area (Å²) in [4.78, 5) is 0. The fourth-order valence-electron chi connectivity index (χ4n) is 0.333. The zero-order valence-electron chi connectivity index (χ0n) is 4.16. The van der Waals surface area contributed by atoms with Crippen molar-refractivity contribution in [2.24, 2.45) is 0 Å². The molecule has 0 saturated heterocycles. The second-order valence-corrected chi connectivity index (χ2v) is 1.89. The van der Waals surface area contributed by atoms with E-state index in [1.54, 1.807) is 0 Å². The van der Waals surface area contributed by atoms with Crippen LogP contribution in [0.1, 0.15) is 26.2 Å². The normalized spacial score (nSPS) is 9.17. The van der Waals surface area contributed by atoms with Crippen LogP contribution in [0.25, 0.3) is 0 Å². The molecule has 0 aromatic carbocycles. The first kappa shape index (κ1) is 6.51. The number of hydrogen-bond acceptors (Lipinski definition) is 0. The summed E-state index contributed by atoms with van der Waals surface area (Å²) in [5.74, 6) is 0. The molecular formula is C5H11Co. The third kappa shape index (κ3) is 4.51. The molecular weight excluding hydrogens is 119 g/mol. The molecule has 40 valence electrons. The zero-order valence-corrected chi connectivity index (χ0v) is 5.20. The number of unbranched alkanes of at least 4 members (excludes halogenated alkanes) is 2. The number of hydrogen-bond donors (Lipinski definition) is 0. The van der Waals surface area contributed by atoms with Gasteiger partial charge in [0.2, 0.25) is 0 Å². The van der Waals surface area contributed by atoms with Crippen molar-refractivity contribution in [1.82, 2.24) is 0 Å². The zero-order chi connectivity index (χ0) is 4.83. The summed E-state index contributed by atoms with van der Waals surface area (Å²) in [6, 6.07) is 0. The van der Waals surface area contributed by atoms with Crippen molar-refractivity contribution in [3.8, 4) is 0 Å². The molecule has 0 spiro atoms. The van der Waals surface area contributed by atoms with Crippen LogP contribution in [-0.4, -0.2) is 0 Å². The van der Waals surface area contributed by atoms with Crippen LogP contribution < -0.4 is 0 Å². The Morgan fingerprint density at radius 3 is 2.17 bits per heavy atom. The molecule has 0 nitrogen and oxygen atoms in total. The van der Waals surface area contributed by atoms with Gasteiger partial charge in [-0.25, -0.2) is 0 Å². The van der Waals surface area contributed by atoms with Crippen LogP contribution in [0, 0.1) is 0 Å². The first-order valence-corrected chi connectivity index (χ1v) is 3.18. The molecule has 0 N–H and O–H groups in total. The Labute approximate surface area is 47.9 Å². The molecule has 0 rings (SSSR count). The molecule has 0 amide bonds. The monoisotopic (exact) mass is 130 g/mol. The first-order valence-electron chi connectivity index (χ1n) is 2.44. The van der Waals surface area contributed by atoms with E-state index in [1.165, 1.54) is 19.3 Å². The summed E-state index contributed by atoms with van der Waals surface area (Å²) in [5, 5.41) is 1.04. The van der Waals surface area contributed by atoms with E-state index in [4.69, 9.17) is 0 Å². The Balaban J connectivity index is 2.34. The third-order valence-corrected chi connectivity index (χ3v) is 1.09. The van der Waals surface area contributed by atoms with E-state index < -0.39 is 0 Å². The van der Waals surface area contributed by atoms with Gasteiger partial charge in [-0.05, 0) is 0 Å². The molecule has 0 bridgehead atoms. The van der Waals surface area contributed by atoms with Crippen molar-refractivity contribution in [2.45, 2.75) is 31.5 Å². The van der Waals surface area contributed by atoms with Crippen LogP contribution >= 0.6 is 0 Å². The van der Waals surface area contributed by atoms with Gasteiger partial charge >= 0.3 is 47.3 Å². The van der Waals surface area contributed by atoms with Gasteiger partial charge in [-0.1, -0.05) is 0 Å². The predicted molar refractivity (Wildman–Crippen MR) is 24.3 cm³/mol. The standard InChI is InChI=1S/C5H11.Co/c1-3-5-4-2;/h1,3-5H2,2H3;. The van der Waals surface area contributed by atoms with Gasteiger partial charge in [0.25, 0.3) is 0 Å². The summed E-state index contributed by atoms with van der Waals surface area (Å²) in [6.45, 7) is 2.20. The fourth-order valence-corrected chi connectivity index (χ4v) is 0.594. The summed E-state index contributed by atoms with van der Waals surface area (Å²) in [6.07, 6.45) is 3.91. The minimum absolute atomic E-state index is 1.04. The average Bonchev–Trinajstić information content (AvgIpc) is 1.61. The molecule has 0 unspecified atom stereocenters. The van der Waals surface area contributed by atoms with Crippen molar-refractivity contribution in [3.05, 3.63) is 0 Å². The average molecular weight is 130 g/mol. The topological polar surface area (TPSA) is 0 Å². The molecule has 0 aliphatic carbocycles. The fraction of sp³-hybridized carbons (Fsp3) is 1.00. The van der Waals surface area contributed by atoms with Crippen LogP contribution in [0.4, 0.5) is 0 Å². The Hall–Kier alpha value is 0.506. The predicted octanol–water partition coefficient (Wildman–Crippen LogP) is 2.14. The van der Waals surface area contributed by atoms with Crippen molar-refractivity contribution in [1.29, 1.82) is 0 Å². The Morgan fingerprint density at radius 1 is 1.33 bits per heavy atom. The number of rotatable bonds is 3. The molecule has 0 heterocycles. The van der Waals surface area contributed by atoms with Crippen molar-refractivity contribution in [2.75, 3.05) is 0 Å². The van der Waals surface area contributed by atoms with Crippen LogP contribution in [-0.2, 0) is 15.7 Å². The van der Waals surface area contributed by atoms with E-state index in [-0.39, 0.29) is 0 Å². The summed E-state index contributed by atoms with van der Waals surface area (Å²) in [7, 11) is 0. The van der Waals surface area contributed by atoms with E-state index in [9.17, 15) is 0 Å². The van der Waals surface area contributed by atoms with Gasteiger partial charge in [-0.15, -0.1) is 0 Å². The molecule has 0 aliphatic rings. The summed E-state index contributed by atoms with van der Waals surface area (Å²) < 4.78 is 0. The second-order valence-electron chi connectivity index (χ2n) is 1.37. The molecule has 0 aromatic heterocycles. The van der Waals surface area contributed by atoms with Gasteiger partial charge in [-0.3, -0.25) is 0 Å². The molecule has 0 aromatic rings. The van der Waals surface area contributed by atoms with E-state index in [1.807, 2.05) is 0 Å². The Kier molecular flexibility index (Phi) is 5.97. The van der Waals surface area contributed by atoms with Gasteiger partial charge in [0.1, 0.15) is 0 Å². The minimum atomic E-state index is 1.04.